The Labute approximate surface area is 98.9 Å². The first kappa shape index (κ1) is 11.4. The SMILES string of the molecule is CC(C)(C)n1nc(-c2cccc(N)c2)oc1=O. The molecule has 0 saturated carbocycles. The molecular weight excluding hydrogens is 218 g/mol. The van der Waals surface area contributed by atoms with E-state index in [1.54, 1.807) is 24.3 Å². The zero-order valence-corrected chi connectivity index (χ0v) is 10.1. The molecule has 0 radical (unpaired) electrons. The van der Waals surface area contributed by atoms with Crippen LogP contribution in [0.2, 0.25) is 0 Å². The molecule has 0 bridgehead atoms. The molecule has 17 heavy (non-hydrogen) atoms. The van der Waals surface area contributed by atoms with Crippen molar-refractivity contribution < 1.29 is 4.42 Å². The molecular formula is C12H15N3O2. The van der Waals surface area contributed by atoms with Crippen molar-refractivity contribution in [1.82, 2.24) is 9.78 Å². The number of nitrogens with two attached hydrogens (primary N) is 1. The molecule has 5 nitrogen and oxygen atoms in total. The molecule has 1 aromatic carbocycles. The number of hydrogen-bond donors (Lipinski definition) is 1. The third-order valence-electron chi connectivity index (χ3n) is 2.32. The summed E-state index contributed by atoms with van der Waals surface area (Å²) in [5.41, 5.74) is 6.57. The molecule has 0 spiro atoms. The van der Waals surface area contributed by atoms with Crippen LogP contribution in [-0.2, 0) is 5.54 Å². The van der Waals surface area contributed by atoms with Gasteiger partial charge in [0.15, 0.2) is 0 Å². The average molecular weight is 233 g/mol. The largest absolute Gasteiger partial charge is 0.437 e. The number of nitrogen functional groups attached to an aromatic ring is 1. The van der Waals surface area contributed by atoms with Crippen molar-refractivity contribution in [2.24, 2.45) is 0 Å². The van der Waals surface area contributed by atoms with Crippen molar-refractivity contribution in [3.05, 3.63) is 34.8 Å². The van der Waals surface area contributed by atoms with Crippen molar-refractivity contribution in [2.45, 2.75) is 26.3 Å². The van der Waals surface area contributed by atoms with Gasteiger partial charge in [0.25, 0.3) is 0 Å². The van der Waals surface area contributed by atoms with Gasteiger partial charge in [-0.1, -0.05) is 6.07 Å². The van der Waals surface area contributed by atoms with Gasteiger partial charge < -0.3 is 10.2 Å². The van der Waals surface area contributed by atoms with Gasteiger partial charge in [-0.3, -0.25) is 0 Å². The highest BCUT2D eigenvalue weighted by molar-refractivity contribution is 5.59. The molecule has 0 unspecified atom stereocenters. The zero-order chi connectivity index (χ0) is 12.6. The molecule has 0 fully saturated rings. The molecule has 0 amide bonds. The van der Waals surface area contributed by atoms with E-state index in [-0.39, 0.29) is 5.89 Å². The zero-order valence-electron chi connectivity index (χ0n) is 10.1. The topological polar surface area (TPSA) is 74.1 Å². The van der Waals surface area contributed by atoms with Crippen LogP contribution in [0.1, 0.15) is 20.8 Å². The molecule has 2 aromatic rings. The highest BCUT2D eigenvalue weighted by atomic mass is 16.4. The van der Waals surface area contributed by atoms with Gasteiger partial charge >= 0.3 is 5.76 Å². The molecule has 2 N–H and O–H groups in total. The lowest BCUT2D eigenvalue weighted by molar-refractivity contribution is 0.325. The van der Waals surface area contributed by atoms with Crippen LogP contribution >= 0.6 is 0 Å². The van der Waals surface area contributed by atoms with Gasteiger partial charge in [0.05, 0.1) is 5.54 Å². The Kier molecular flexibility index (Phi) is 2.53. The normalized spacial score (nSPS) is 11.7. The van der Waals surface area contributed by atoms with E-state index in [1.807, 2.05) is 20.8 Å². The third kappa shape index (κ3) is 2.22. The Hall–Kier alpha value is -2.04. The highest BCUT2D eigenvalue weighted by Crippen LogP contribution is 2.19. The number of hydrogen-bond acceptors (Lipinski definition) is 4. The fourth-order valence-corrected chi connectivity index (χ4v) is 1.49. The van der Waals surface area contributed by atoms with Crippen molar-refractivity contribution >= 4 is 5.69 Å². The van der Waals surface area contributed by atoms with Gasteiger partial charge in [0, 0.05) is 11.3 Å². The number of nitrogens with zero attached hydrogens (tertiary/aromatic N) is 2. The molecule has 1 aromatic heterocycles. The lowest BCUT2D eigenvalue weighted by Gasteiger charge is -2.15. The maximum atomic E-state index is 11.6. The van der Waals surface area contributed by atoms with Gasteiger partial charge in [-0.15, -0.1) is 5.10 Å². The predicted octanol–water partition coefficient (Wildman–Crippen LogP) is 1.84. The van der Waals surface area contributed by atoms with Crippen LogP contribution in [-0.4, -0.2) is 9.78 Å². The monoisotopic (exact) mass is 233 g/mol. The summed E-state index contributed by atoms with van der Waals surface area (Å²) >= 11 is 0. The first-order valence-corrected chi connectivity index (χ1v) is 5.34. The lowest BCUT2D eigenvalue weighted by atomic mass is 10.1. The molecule has 0 aliphatic carbocycles. The van der Waals surface area contributed by atoms with E-state index in [0.717, 1.165) is 0 Å². The Morgan fingerprint density at radius 2 is 2.06 bits per heavy atom. The van der Waals surface area contributed by atoms with E-state index < -0.39 is 11.3 Å². The summed E-state index contributed by atoms with van der Waals surface area (Å²) in [5, 5.41) is 4.17. The number of anilines is 1. The number of rotatable bonds is 1. The molecule has 2 rings (SSSR count). The fourth-order valence-electron chi connectivity index (χ4n) is 1.49. The van der Waals surface area contributed by atoms with Gasteiger partial charge in [-0.25, -0.2) is 4.79 Å². The third-order valence-corrected chi connectivity index (χ3v) is 2.32. The molecule has 0 aliphatic rings. The molecule has 90 valence electrons. The van der Waals surface area contributed by atoms with Crippen LogP contribution in [0.25, 0.3) is 11.5 Å². The summed E-state index contributed by atoms with van der Waals surface area (Å²) in [7, 11) is 0. The van der Waals surface area contributed by atoms with Crippen LogP contribution in [0.15, 0.2) is 33.5 Å². The van der Waals surface area contributed by atoms with Crippen molar-refractivity contribution in [1.29, 1.82) is 0 Å². The second-order valence-corrected chi connectivity index (χ2v) is 4.88. The predicted molar refractivity (Wildman–Crippen MR) is 65.6 cm³/mol. The maximum Gasteiger partial charge on any atom is 0.437 e. The van der Waals surface area contributed by atoms with Gasteiger partial charge in [0.2, 0.25) is 5.89 Å². The summed E-state index contributed by atoms with van der Waals surface area (Å²) in [4.78, 5) is 11.6. The summed E-state index contributed by atoms with van der Waals surface area (Å²) in [6.07, 6.45) is 0. The van der Waals surface area contributed by atoms with E-state index in [0.29, 0.717) is 11.3 Å². The van der Waals surface area contributed by atoms with E-state index in [1.165, 1.54) is 4.68 Å². The number of benzene rings is 1. The fraction of sp³-hybridized carbons (Fsp3) is 0.333. The summed E-state index contributed by atoms with van der Waals surface area (Å²) in [5.74, 6) is -0.174. The summed E-state index contributed by atoms with van der Waals surface area (Å²) in [6, 6.07) is 7.08. The van der Waals surface area contributed by atoms with Crippen molar-refractivity contribution in [3.63, 3.8) is 0 Å². The average Bonchev–Trinajstić information content (AvgIpc) is 2.60. The highest BCUT2D eigenvalue weighted by Gasteiger charge is 2.20. The smallest absolute Gasteiger partial charge is 0.399 e. The van der Waals surface area contributed by atoms with Gasteiger partial charge in [0.1, 0.15) is 0 Å². The molecule has 0 aliphatic heterocycles. The standard InChI is InChI=1S/C12H15N3O2/c1-12(2,3)15-11(16)17-10(14-15)8-5-4-6-9(13)7-8/h4-7H,13H2,1-3H3. The van der Waals surface area contributed by atoms with Crippen LogP contribution in [0.3, 0.4) is 0 Å². The Bertz CT molecular complexity index is 590. The van der Waals surface area contributed by atoms with Crippen LogP contribution in [0.5, 0.6) is 0 Å². The van der Waals surface area contributed by atoms with E-state index in [9.17, 15) is 4.79 Å². The first-order valence-electron chi connectivity index (χ1n) is 5.34. The summed E-state index contributed by atoms with van der Waals surface area (Å²) in [6.45, 7) is 5.67. The van der Waals surface area contributed by atoms with Crippen LogP contribution < -0.4 is 11.5 Å². The number of aromatic nitrogens is 2. The van der Waals surface area contributed by atoms with E-state index in [2.05, 4.69) is 5.10 Å². The minimum absolute atomic E-state index is 0.289. The molecule has 1 heterocycles. The quantitative estimate of drug-likeness (QED) is 0.763. The van der Waals surface area contributed by atoms with Crippen LogP contribution in [0, 0.1) is 0 Å². The minimum Gasteiger partial charge on any atom is -0.399 e. The van der Waals surface area contributed by atoms with Crippen LogP contribution in [0.4, 0.5) is 5.69 Å². The first-order chi connectivity index (χ1) is 7.88. The second kappa shape index (κ2) is 3.76. The Morgan fingerprint density at radius 1 is 1.35 bits per heavy atom. The second-order valence-electron chi connectivity index (χ2n) is 4.88. The lowest BCUT2D eigenvalue weighted by Crippen LogP contribution is -2.32. The summed E-state index contributed by atoms with van der Waals surface area (Å²) < 4.78 is 6.45. The Balaban J connectivity index is 2.53. The molecule has 0 saturated heterocycles. The van der Waals surface area contributed by atoms with Gasteiger partial charge in [-0.05, 0) is 39.0 Å². The Morgan fingerprint density at radius 3 is 2.59 bits per heavy atom. The minimum atomic E-state index is -0.463. The molecule has 0 atom stereocenters. The van der Waals surface area contributed by atoms with Crippen molar-refractivity contribution in [3.8, 4) is 11.5 Å². The van der Waals surface area contributed by atoms with Crippen molar-refractivity contribution in [2.75, 3.05) is 5.73 Å². The van der Waals surface area contributed by atoms with Gasteiger partial charge in [-0.2, -0.15) is 4.68 Å². The maximum absolute atomic E-state index is 11.6. The van der Waals surface area contributed by atoms with E-state index >= 15 is 0 Å². The molecule has 5 heteroatoms. The van der Waals surface area contributed by atoms with E-state index in [4.69, 9.17) is 10.2 Å².